The second-order valence-electron chi connectivity index (χ2n) is 7.29. The molecule has 0 unspecified atom stereocenters. The fourth-order valence-electron chi connectivity index (χ4n) is 2.73. The maximum absolute atomic E-state index is 12.7. The molecule has 0 fully saturated rings. The number of carbonyl (C=O) groups is 1. The Morgan fingerprint density at radius 3 is 1.96 bits per heavy atom. The number of nitrogens with zero attached hydrogens (tertiary/aromatic N) is 2. The first-order chi connectivity index (χ1) is 12.4. The van der Waals surface area contributed by atoms with Crippen molar-refractivity contribution in [1.29, 1.82) is 0 Å². The Hall–Kier alpha value is -2.53. The maximum Gasteiger partial charge on any atom is 0.227 e. The van der Waals surface area contributed by atoms with E-state index in [9.17, 15) is 4.79 Å². The number of carbonyl (C=O) groups excluding carboxylic acids is 1. The highest BCUT2D eigenvalue weighted by atomic mass is 32.1. The molecule has 1 aromatic heterocycles. The summed E-state index contributed by atoms with van der Waals surface area (Å²) in [7, 11) is 0. The van der Waals surface area contributed by atoms with E-state index in [0.717, 1.165) is 16.1 Å². The number of hydrogen-bond acceptors (Lipinski definition) is 4. The van der Waals surface area contributed by atoms with Gasteiger partial charge in [-0.15, -0.1) is 10.2 Å². The first-order valence-electron chi connectivity index (χ1n) is 8.67. The predicted molar refractivity (Wildman–Crippen MR) is 107 cm³/mol. The van der Waals surface area contributed by atoms with Gasteiger partial charge in [0.2, 0.25) is 11.0 Å². The smallest absolute Gasteiger partial charge is 0.227 e. The van der Waals surface area contributed by atoms with Crippen molar-refractivity contribution < 1.29 is 4.79 Å². The Kier molecular flexibility index (Phi) is 5.47. The highest BCUT2D eigenvalue weighted by Gasteiger charge is 2.22. The molecule has 3 aromatic rings. The van der Waals surface area contributed by atoms with E-state index in [4.69, 9.17) is 0 Å². The van der Waals surface area contributed by atoms with Crippen LogP contribution in [0.3, 0.4) is 0 Å². The number of hydrogen-bond donors (Lipinski definition) is 1. The molecular formula is C21H23N3OS. The van der Waals surface area contributed by atoms with Gasteiger partial charge in [-0.25, -0.2) is 0 Å². The van der Waals surface area contributed by atoms with E-state index < -0.39 is 0 Å². The Balaban J connectivity index is 1.77. The molecule has 2 aromatic carbocycles. The third-order valence-electron chi connectivity index (χ3n) is 4.11. The van der Waals surface area contributed by atoms with Gasteiger partial charge in [0.15, 0.2) is 0 Å². The summed E-state index contributed by atoms with van der Waals surface area (Å²) in [6.07, 6.45) is 0.360. The summed E-state index contributed by atoms with van der Waals surface area (Å²) in [5.41, 5.74) is 2.18. The molecule has 0 aliphatic heterocycles. The summed E-state index contributed by atoms with van der Waals surface area (Å²) in [5.74, 6) is -0.0493. The summed E-state index contributed by atoms with van der Waals surface area (Å²) in [6.45, 7) is 6.25. The lowest BCUT2D eigenvalue weighted by atomic mass is 9.88. The topological polar surface area (TPSA) is 54.9 Å². The quantitative estimate of drug-likeness (QED) is 0.692. The van der Waals surface area contributed by atoms with Crippen molar-refractivity contribution in [3.05, 3.63) is 76.8 Å². The van der Waals surface area contributed by atoms with Gasteiger partial charge in [-0.3, -0.25) is 4.79 Å². The van der Waals surface area contributed by atoms with Crippen LogP contribution >= 0.6 is 11.3 Å². The zero-order chi connectivity index (χ0) is 18.6. The van der Waals surface area contributed by atoms with Crippen molar-refractivity contribution in [2.24, 2.45) is 0 Å². The van der Waals surface area contributed by atoms with Crippen LogP contribution in [0, 0.1) is 0 Å². The predicted octanol–water partition coefficient (Wildman–Crippen LogP) is 5.00. The highest BCUT2D eigenvalue weighted by molar-refractivity contribution is 7.15. The van der Waals surface area contributed by atoms with Gasteiger partial charge >= 0.3 is 0 Å². The molecule has 0 saturated heterocycles. The van der Waals surface area contributed by atoms with Crippen LogP contribution in [0.25, 0.3) is 0 Å². The summed E-state index contributed by atoms with van der Waals surface area (Å²) in [4.78, 5) is 12.7. The first kappa shape index (κ1) is 18.3. The summed E-state index contributed by atoms with van der Waals surface area (Å²) < 4.78 is 0. The van der Waals surface area contributed by atoms with E-state index >= 15 is 0 Å². The minimum atomic E-state index is -0.0722. The second-order valence-corrected chi connectivity index (χ2v) is 8.27. The van der Waals surface area contributed by atoms with Crippen LogP contribution in [0.4, 0.5) is 5.13 Å². The molecule has 0 atom stereocenters. The zero-order valence-corrected chi connectivity index (χ0v) is 16.1. The van der Waals surface area contributed by atoms with Crippen molar-refractivity contribution in [2.45, 2.75) is 38.5 Å². The highest BCUT2D eigenvalue weighted by Crippen LogP contribution is 2.30. The molecule has 0 radical (unpaired) electrons. The average Bonchev–Trinajstić information content (AvgIpc) is 3.10. The number of anilines is 1. The molecule has 134 valence electrons. The molecule has 1 N–H and O–H groups in total. The maximum atomic E-state index is 12.7. The Bertz CT molecular complexity index is 814. The lowest BCUT2D eigenvalue weighted by Crippen LogP contribution is -2.16. The van der Waals surface area contributed by atoms with Crippen LogP contribution in [-0.4, -0.2) is 16.1 Å². The minimum Gasteiger partial charge on any atom is -0.300 e. The first-order valence-corrected chi connectivity index (χ1v) is 9.49. The molecule has 0 aliphatic carbocycles. The van der Waals surface area contributed by atoms with Crippen LogP contribution in [0.5, 0.6) is 0 Å². The van der Waals surface area contributed by atoms with Gasteiger partial charge in [0, 0.05) is 17.8 Å². The molecule has 4 nitrogen and oxygen atoms in total. The SMILES string of the molecule is CC(C)(C)c1nnc(NC(=O)CC(c2ccccc2)c2ccccc2)s1. The lowest BCUT2D eigenvalue weighted by molar-refractivity contribution is -0.116. The van der Waals surface area contributed by atoms with Crippen molar-refractivity contribution >= 4 is 22.4 Å². The van der Waals surface area contributed by atoms with Crippen LogP contribution in [0.2, 0.25) is 0 Å². The Morgan fingerprint density at radius 1 is 0.962 bits per heavy atom. The van der Waals surface area contributed by atoms with Crippen LogP contribution in [0.1, 0.15) is 49.2 Å². The lowest BCUT2D eigenvalue weighted by Gasteiger charge is -2.17. The summed E-state index contributed by atoms with van der Waals surface area (Å²) in [5, 5.41) is 12.7. The van der Waals surface area contributed by atoms with Crippen molar-refractivity contribution in [1.82, 2.24) is 10.2 Å². The Labute approximate surface area is 158 Å². The van der Waals surface area contributed by atoms with Gasteiger partial charge in [-0.05, 0) is 11.1 Å². The van der Waals surface area contributed by atoms with E-state index in [1.807, 2.05) is 36.4 Å². The van der Waals surface area contributed by atoms with E-state index in [0.29, 0.717) is 11.6 Å². The van der Waals surface area contributed by atoms with Crippen LogP contribution < -0.4 is 5.32 Å². The summed E-state index contributed by atoms with van der Waals surface area (Å²) >= 11 is 1.43. The Morgan fingerprint density at radius 2 is 1.50 bits per heavy atom. The third-order valence-corrected chi connectivity index (χ3v) is 5.37. The van der Waals surface area contributed by atoms with Gasteiger partial charge in [-0.1, -0.05) is 92.8 Å². The fourth-order valence-corrected chi connectivity index (χ4v) is 3.55. The molecule has 0 spiro atoms. The molecule has 0 aliphatic rings. The number of rotatable bonds is 5. The van der Waals surface area contributed by atoms with Gasteiger partial charge in [0.05, 0.1) is 0 Å². The largest absolute Gasteiger partial charge is 0.300 e. The van der Waals surface area contributed by atoms with Gasteiger partial charge in [-0.2, -0.15) is 0 Å². The monoisotopic (exact) mass is 365 g/mol. The van der Waals surface area contributed by atoms with Crippen molar-refractivity contribution in [2.75, 3.05) is 5.32 Å². The van der Waals surface area contributed by atoms with E-state index in [1.165, 1.54) is 11.3 Å². The van der Waals surface area contributed by atoms with E-state index in [2.05, 4.69) is 60.6 Å². The molecule has 1 amide bonds. The molecule has 0 saturated carbocycles. The van der Waals surface area contributed by atoms with Crippen LogP contribution in [-0.2, 0) is 10.2 Å². The van der Waals surface area contributed by atoms with Crippen molar-refractivity contribution in [3.63, 3.8) is 0 Å². The molecular weight excluding hydrogens is 342 g/mol. The van der Waals surface area contributed by atoms with E-state index in [1.54, 1.807) is 0 Å². The summed E-state index contributed by atoms with van der Waals surface area (Å²) in [6, 6.07) is 20.2. The number of amides is 1. The normalized spacial score (nSPS) is 11.5. The molecule has 3 rings (SSSR count). The zero-order valence-electron chi connectivity index (χ0n) is 15.3. The molecule has 5 heteroatoms. The number of benzene rings is 2. The third kappa shape index (κ3) is 4.55. The second kappa shape index (κ2) is 7.79. The standard InChI is InChI=1S/C21H23N3OS/c1-21(2,3)19-23-24-20(26-19)22-18(25)14-17(15-10-6-4-7-11-15)16-12-8-5-9-13-16/h4-13,17H,14H2,1-3H3,(H,22,24,25). The minimum absolute atomic E-state index is 0.00686. The van der Waals surface area contributed by atoms with Crippen LogP contribution in [0.15, 0.2) is 60.7 Å². The number of aromatic nitrogens is 2. The molecule has 1 heterocycles. The van der Waals surface area contributed by atoms with Crippen molar-refractivity contribution in [3.8, 4) is 0 Å². The van der Waals surface area contributed by atoms with Gasteiger partial charge < -0.3 is 5.32 Å². The fraction of sp³-hybridized carbons (Fsp3) is 0.286. The molecule has 26 heavy (non-hydrogen) atoms. The number of nitrogens with one attached hydrogen (secondary N) is 1. The average molecular weight is 366 g/mol. The van der Waals surface area contributed by atoms with E-state index in [-0.39, 0.29) is 17.2 Å². The molecule has 0 bridgehead atoms. The van der Waals surface area contributed by atoms with Gasteiger partial charge in [0.1, 0.15) is 5.01 Å². The van der Waals surface area contributed by atoms with Gasteiger partial charge in [0.25, 0.3) is 0 Å².